The molecule has 1 aliphatic heterocycles. The fourth-order valence-electron chi connectivity index (χ4n) is 3.20. The lowest BCUT2D eigenvalue weighted by molar-refractivity contribution is -0.388. The Morgan fingerprint density at radius 2 is 1.85 bits per heavy atom. The standard InChI is InChI=1S/C19H15F6N3O5/c20-18(21,22)15-7-12(3-6-16(15)28(30)31)27-9-14(33-17(27)19(23,24)25)10-32-13-4-1-11(2-5-13)8-26-29/h1-8,14,17,29H,9-10H2/b26-8+. The second kappa shape index (κ2) is 9.13. The van der Waals surface area contributed by atoms with Gasteiger partial charge in [0.25, 0.3) is 5.69 Å². The molecule has 2 unspecified atom stereocenters. The van der Waals surface area contributed by atoms with Gasteiger partial charge in [-0.1, -0.05) is 5.16 Å². The molecule has 1 heterocycles. The van der Waals surface area contributed by atoms with Crippen molar-refractivity contribution in [1.82, 2.24) is 0 Å². The third kappa shape index (κ3) is 5.63. The first-order valence-electron chi connectivity index (χ1n) is 9.15. The molecule has 0 spiro atoms. The van der Waals surface area contributed by atoms with Crippen LogP contribution in [-0.2, 0) is 10.9 Å². The van der Waals surface area contributed by atoms with Gasteiger partial charge in [0.15, 0.2) is 0 Å². The normalized spacial score (nSPS) is 19.3. The maximum atomic E-state index is 13.5. The van der Waals surface area contributed by atoms with E-state index in [9.17, 15) is 36.5 Å². The van der Waals surface area contributed by atoms with Crippen LogP contribution in [0.25, 0.3) is 0 Å². The molecule has 0 bridgehead atoms. The van der Waals surface area contributed by atoms with Crippen molar-refractivity contribution in [3.8, 4) is 5.75 Å². The van der Waals surface area contributed by atoms with Gasteiger partial charge in [-0.2, -0.15) is 26.3 Å². The van der Waals surface area contributed by atoms with Crippen LogP contribution >= 0.6 is 0 Å². The molecule has 14 heteroatoms. The molecule has 0 aliphatic carbocycles. The number of ether oxygens (including phenoxy) is 2. The lowest BCUT2D eigenvalue weighted by Crippen LogP contribution is -2.42. The monoisotopic (exact) mass is 479 g/mol. The highest BCUT2D eigenvalue weighted by molar-refractivity contribution is 5.79. The van der Waals surface area contributed by atoms with Crippen LogP contribution in [0.5, 0.6) is 5.75 Å². The summed E-state index contributed by atoms with van der Waals surface area (Å²) in [5, 5.41) is 22.2. The van der Waals surface area contributed by atoms with E-state index in [4.69, 9.17) is 14.7 Å². The zero-order valence-corrected chi connectivity index (χ0v) is 16.4. The number of alkyl halides is 6. The molecular weight excluding hydrogens is 464 g/mol. The summed E-state index contributed by atoms with van der Waals surface area (Å²) >= 11 is 0. The van der Waals surface area contributed by atoms with E-state index in [1.807, 2.05) is 0 Å². The SMILES string of the molecule is O=[N+]([O-])c1ccc(N2CC(COc3ccc(/C=N/O)cc3)OC2C(F)(F)F)cc1C(F)(F)F. The van der Waals surface area contributed by atoms with E-state index in [0.29, 0.717) is 22.6 Å². The Labute approximate surface area is 181 Å². The summed E-state index contributed by atoms with van der Waals surface area (Å²) in [5.41, 5.74) is -2.95. The summed E-state index contributed by atoms with van der Waals surface area (Å²) in [6, 6.07) is 7.58. The molecular formula is C19H15F6N3O5. The molecule has 8 nitrogen and oxygen atoms in total. The van der Waals surface area contributed by atoms with Crippen molar-refractivity contribution in [3.63, 3.8) is 0 Å². The van der Waals surface area contributed by atoms with Crippen molar-refractivity contribution in [2.24, 2.45) is 5.16 Å². The van der Waals surface area contributed by atoms with E-state index in [1.165, 1.54) is 24.3 Å². The second-order valence-corrected chi connectivity index (χ2v) is 6.89. The Balaban J connectivity index is 1.82. The number of rotatable bonds is 6. The Morgan fingerprint density at radius 1 is 1.18 bits per heavy atom. The van der Waals surface area contributed by atoms with E-state index in [1.54, 1.807) is 0 Å². The number of hydrogen-bond donors (Lipinski definition) is 1. The molecule has 0 amide bonds. The zero-order chi connectivity index (χ0) is 24.4. The van der Waals surface area contributed by atoms with Gasteiger partial charge in [-0.05, 0) is 42.0 Å². The molecule has 2 aromatic carbocycles. The van der Waals surface area contributed by atoms with E-state index in [2.05, 4.69) is 5.16 Å². The molecule has 33 heavy (non-hydrogen) atoms. The first kappa shape index (κ1) is 24.1. The maximum Gasteiger partial charge on any atom is 0.433 e. The minimum absolute atomic E-state index is 0.269. The van der Waals surface area contributed by atoms with Gasteiger partial charge in [0, 0.05) is 11.8 Å². The second-order valence-electron chi connectivity index (χ2n) is 6.89. The van der Waals surface area contributed by atoms with Crippen molar-refractivity contribution in [1.29, 1.82) is 0 Å². The van der Waals surface area contributed by atoms with E-state index in [0.717, 1.165) is 12.3 Å². The Hall–Kier alpha value is -3.55. The third-order valence-electron chi connectivity index (χ3n) is 4.62. The van der Waals surface area contributed by atoms with Crippen molar-refractivity contribution < 1.29 is 45.9 Å². The number of nitrogens with zero attached hydrogens (tertiary/aromatic N) is 3. The Kier molecular flexibility index (Phi) is 6.67. The molecule has 3 rings (SSSR count). The van der Waals surface area contributed by atoms with Crippen molar-refractivity contribution in [2.45, 2.75) is 24.7 Å². The van der Waals surface area contributed by atoms with Gasteiger partial charge in [-0.15, -0.1) is 0 Å². The van der Waals surface area contributed by atoms with Gasteiger partial charge < -0.3 is 19.6 Å². The van der Waals surface area contributed by atoms with E-state index in [-0.39, 0.29) is 12.4 Å². The maximum absolute atomic E-state index is 13.5. The minimum atomic E-state index is -5.15. The molecule has 1 fully saturated rings. The van der Waals surface area contributed by atoms with Gasteiger partial charge in [0.1, 0.15) is 24.0 Å². The van der Waals surface area contributed by atoms with Gasteiger partial charge in [-0.25, -0.2) is 0 Å². The van der Waals surface area contributed by atoms with Crippen LogP contribution in [0.2, 0.25) is 0 Å². The van der Waals surface area contributed by atoms with Gasteiger partial charge >= 0.3 is 12.4 Å². The number of benzene rings is 2. The van der Waals surface area contributed by atoms with Gasteiger partial charge in [0.05, 0.1) is 17.7 Å². The smallest absolute Gasteiger partial charge is 0.433 e. The quantitative estimate of drug-likeness (QED) is 0.214. The number of anilines is 1. The lowest BCUT2D eigenvalue weighted by Gasteiger charge is -2.27. The topological polar surface area (TPSA) is 97.4 Å². The molecule has 0 aromatic heterocycles. The van der Waals surface area contributed by atoms with Gasteiger partial charge in [-0.3, -0.25) is 10.1 Å². The highest BCUT2D eigenvalue weighted by Crippen LogP contribution is 2.41. The molecule has 0 radical (unpaired) electrons. The van der Waals surface area contributed by atoms with Crippen LogP contribution in [0, 0.1) is 10.1 Å². The average Bonchev–Trinajstić information content (AvgIpc) is 3.17. The van der Waals surface area contributed by atoms with Crippen LogP contribution in [-0.4, -0.2) is 48.0 Å². The van der Waals surface area contributed by atoms with Crippen molar-refractivity contribution >= 4 is 17.6 Å². The third-order valence-corrected chi connectivity index (χ3v) is 4.62. The van der Waals surface area contributed by atoms with Crippen LogP contribution in [0.3, 0.4) is 0 Å². The molecule has 178 valence electrons. The molecule has 1 aliphatic rings. The van der Waals surface area contributed by atoms with E-state index < -0.39 is 53.1 Å². The van der Waals surface area contributed by atoms with Crippen LogP contribution in [0.4, 0.5) is 37.7 Å². The summed E-state index contributed by atoms with van der Waals surface area (Å²) in [4.78, 5) is 10.2. The number of nitro benzene ring substituents is 1. The first-order chi connectivity index (χ1) is 15.4. The highest BCUT2D eigenvalue weighted by Gasteiger charge is 2.51. The molecule has 0 saturated carbocycles. The largest absolute Gasteiger partial charge is 0.491 e. The highest BCUT2D eigenvalue weighted by atomic mass is 19.4. The fourth-order valence-corrected chi connectivity index (χ4v) is 3.20. The Morgan fingerprint density at radius 3 is 2.39 bits per heavy atom. The molecule has 1 saturated heterocycles. The molecule has 2 atom stereocenters. The zero-order valence-electron chi connectivity index (χ0n) is 16.4. The number of halogens is 6. The summed E-state index contributed by atoms with van der Waals surface area (Å²) in [6.45, 7) is -0.829. The van der Waals surface area contributed by atoms with E-state index >= 15 is 0 Å². The van der Waals surface area contributed by atoms with Crippen molar-refractivity contribution in [2.75, 3.05) is 18.1 Å². The number of nitro groups is 1. The number of hydrogen-bond acceptors (Lipinski definition) is 7. The fraction of sp³-hybridized carbons (Fsp3) is 0.316. The number of oxime groups is 1. The lowest BCUT2D eigenvalue weighted by atomic mass is 10.1. The summed E-state index contributed by atoms with van der Waals surface area (Å²) in [6.07, 6.45) is -12.7. The first-order valence-corrected chi connectivity index (χ1v) is 9.15. The minimum Gasteiger partial charge on any atom is -0.491 e. The summed E-state index contributed by atoms with van der Waals surface area (Å²) in [7, 11) is 0. The molecule has 2 aromatic rings. The van der Waals surface area contributed by atoms with Crippen LogP contribution < -0.4 is 9.64 Å². The van der Waals surface area contributed by atoms with Crippen LogP contribution in [0.15, 0.2) is 47.6 Å². The summed E-state index contributed by atoms with van der Waals surface area (Å²) in [5.74, 6) is 0.269. The summed E-state index contributed by atoms with van der Waals surface area (Å²) < 4.78 is 90.7. The Bertz CT molecular complexity index is 1030. The predicted molar refractivity (Wildman–Crippen MR) is 101 cm³/mol. The van der Waals surface area contributed by atoms with Crippen LogP contribution in [0.1, 0.15) is 11.1 Å². The van der Waals surface area contributed by atoms with Crippen molar-refractivity contribution in [3.05, 3.63) is 63.7 Å². The average molecular weight is 479 g/mol. The van der Waals surface area contributed by atoms with Gasteiger partial charge in [0.2, 0.25) is 6.23 Å². The predicted octanol–water partition coefficient (Wildman–Crippen LogP) is 4.59. The molecule has 1 N–H and O–H groups in total.